The summed E-state index contributed by atoms with van der Waals surface area (Å²) in [5.74, 6) is 0.00834. The van der Waals surface area contributed by atoms with Gasteiger partial charge in [0.05, 0.1) is 0 Å². The molecule has 1 aliphatic heterocycles. The number of benzene rings is 3. The first-order chi connectivity index (χ1) is 14.7. The molecule has 3 aromatic carbocycles. The summed E-state index contributed by atoms with van der Waals surface area (Å²) in [7, 11) is 0. The van der Waals surface area contributed by atoms with Gasteiger partial charge in [-0.15, -0.1) is 0 Å². The lowest BCUT2D eigenvalue weighted by molar-refractivity contribution is 0.0938. The highest BCUT2D eigenvalue weighted by atomic mass is 16.1. The minimum atomic E-state index is 0.00834. The molecule has 4 rings (SSSR count). The molecule has 30 heavy (non-hydrogen) atoms. The van der Waals surface area contributed by atoms with Crippen molar-refractivity contribution in [2.45, 2.75) is 45.3 Å². The molecule has 1 amide bonds. The van der Waals surface area contributed by atoms with Crippen LogP contribution in [0.25, 0.3) is 0 Å². The number of carbonyl (C=O) groups excluding carboxylic acids is 1. The smallest absolute Gasteiger partial charge is 0.251 e. The van der Waals surface area contributed by atoms with Gasteiger partial charge in [0.1, 0.15) is 0 Å². The molecular formula is C27H30N2O. The summed E-state index contributed by atoms with van der Waals surface area (Å²) in [4.78, 5) is 15.1. The monoisotopic (exact) mass is 398 g/mol. The van der Waals surface area contributed by atoms with Crippen molar-refractivity contribution in [3.8, 4) is 0 Å². The standard InChI is InChI=1S/C27H30N2O/c1-21(11-12-22-7-3-2-4-8-22)28-27(30)25-15-13-23(14-16-25)19-29-18-17-24-9-5-6-10-26(24)20-29/h2-10,13-16,21H,11-12,17-20H2,1H3,(H,28,30). The van der Waals surface area contributed by atoms with Gasteiger partial charge in [0.2, 0.25) is 0 Å². The van der Waals surface area contributed by atoms with E-state index in [4.69, 9.17) is 0 Å². The first-order valence-electron chi connectivity index (χ1n) is 10.9. The number of hydrogen-bond acceptors (Lipinski definition) is 2. The molecule has 1 unspecified atom stereocenters. The summed E-state index contributed by atoms with van der Waals surface area (Å²) < 4.78 is 0. The first kappa shape index (κ1) is 20.4. The van der Waals surface area contributed by atoms with E-state index in [2.05, 4.69) is 77.8 Å². The fourth-order valence-corrected chi connectivity index (χ4v) is 4.12. The quantitative estimate of drug-likeness (QED) is 0.608. The maximum absolute atomic E-state index is 12.6. The van der Waals surface area contributed by atoms with E-state index in [0.29, 0.717) is 0 Å². The predicted octanol–water partition coefficient (Wildman–Crippen LogP) is 5.00. The molecule has 1 atom stereocenters. The van der Waals surface area contributed by atoms with E-state index in [1.807, 2.05) is 18.2 Å². The van der Waals surface area contributed by atoms with Crippen LogP contribution in [0.3, 0.4) is 0 Å². The fraction of sp³-hybridized carbons (Fsp3) is 0.296. The van der Waals surface area contributed by atoms with Crippen LogP contribution in [0, 0.1) is 0 Å². The summed E-state index contributed by atoms with van der Waals surface area (Å²) in [5, 5.41) is 3.13. The lowest BCUT2D eigenvalue weighted by Crippen LogP contribution is -2.33. The van der Waals surface area contributed by atoms with E-state index in [-0.39, 0.29) is 11.9 Å². The number of fused-ring (bicyclic) bond motifs is 1. The molecule has 1 heterocycles. The van der Waals surface area contributed by atoms with Crippen LogP contribution in [0.15, 0.2) is 78.9 Å². The van der Waals surface area contributed by atoms with Crippen molar-refractivity contribution in [3.05, 3.63) is 107 Å². The van der Waals surface area contributed by atoms with Crippen LogP contribution in [-0.4, -0.2) is 23.4 Å². The molecule has 0 bridgehead atoms. The molecule has 0 aromatic heterocycles. The Bertz CT molecular complexity index is 966. The Balaban J connectivity index is 1.27. The molecular weight excluding hydrogens is 368 g/mol. The minimum Gasteiger partial charge on any atom is -0.350 e. The van der Waals surface area contributed by atoms with Gasteiger partial charge in [-0.25, -0.2) is 0 Å². The number of nitrogens with zero attached hydrogens (tertiary/aromatic N) is 1. The van der Waals surface area contributed by atoms with E-state index in [1.54, 1.807) is 0 Å². The van der Waals surface area contributed by atoms with Crippen molar-refractivity contribution in [1.82, 2.24) is 10.2 Å². The highest BCUT2D eigenvalue weighted by Crippen LogP contribution is 2.20. The van der Waals surface area contributed by atoms with Crippen LogP contribution in [0.4, 0.5) is 0 Å². The number of aryl methyl sites for hydroxylation is 1. The molecule has 3 nitrogen and oxygen atoms in total. The van der Waals surface area contributed by atoms with Crippen molar-refractivity contribution in [2.75, 3.05) is 6.54 Å². The summed E-state index contributed by atoms with van der Waals surface area (Å²) in [5.41, 5.74) is 6.20. The molecule has 0 saturated heterocycles. The third-order valence-electron chi connectivity index (χ3n) is 5.92. The molecule has 0 fully saturated rings. The summed E-state index contributed by atoms with van der Waals surface area (Å²) in [6, 6.07) is 27.3. The van der Waals surface area contributed by atoms with Crippen LogP contribution in [-0.2, 0) is 25.9 Å². The Morgan fingerprint density at radius 3 is 2.37 bits per heavy atom. The molecule has 3 aromatic rings. The van der Waals surface area contributed by atoms with Gasteiger partial charge >= 0.3 is 0 Å². The number of rotatable bonds is 7. The maximum Gasteiger partial charge on any atom is 0.251 e. The average Bonchev–Trinajstić information content (AvgIpc) is 2.79. The first-order valence-corrected chi connectivity index (χ1v) is 10.9. The third-order valence-corrected chi connectivity index (χ3v) is 5.92. The highest BCUT2D eigenvalue weighted by Gasteiger charge is 2.16. The molecule has 0 spiro atoms. The molecule has 1 N–H and O–H groups in total. The van der Waals surface area contributed by atoms with Gasteiger partial charge in [-0.05, 0) is 60.6 Å². The van der Waals surface area contributed by atoms with Crippen molar-refractivity contribution in [2.24, 2.45) is 0 Å². The van der Waals surface area contributed by atoms with E-state index < -0.39 is 0 Å². The summed E-state index contributed by atoms with van der Waals surface area (Å²) >= 11 is 0. The molecule has 3 heteroatoms. The number of amides is 1. The largest absolute Gasteiger partial charge is 0.350 e. The Hall–Kier alpha value is -2.91. The summed E-state index contributed by atoms with van der Waals surface area (Å²) in [6.07, 6.45) is 3.02. The van der Waals surface area contributed by atoms with Crippen molar-refractivity contribution < 1.29 is 4.79 Å². The number of hydrogen-bond donors (Lipinski definition) is 1. The van der Waals surface area contributed by atoms with Crippen LogP contribution in [0.2, 0.25) is 0 Å². The van der Waals surface area contributed by atoms with Gasteiger partial charge < -0.3 is 5.32 Å². The van der Waals surface area contributed by atoms with Crippen molar-refractivity contribution in [3.63, 3.8) is 0 Å². The van der Waals surface area contributed by atoms with E-state index in [0.717, 1.165) is 44.5 Å². The second-order valence-electron chi connectivity index (χ2n) is 8.33. The number of carbonyl (C=O) groups is 1. The molecule has 1 aliphatic rings. The van der Waals surface area contributed by atoms with Gasteiger partial charge in [-0.1, -0.05) is 66.7 Å². The zero-order valence-corrected chi connectivity index (χ0v) is 17.7. The van der Waals surface area contributed by atoms with Crippen LogP contribution in [0.1, 0.15) is 46.0 Å². The SMILES string of the molecule is CC(CCc1ccccc1)NC(=O)c1ccc(CN2CCc3ccccc3C2)cc1. The third kappa shape index (κ3) is 5.37. The second-order valence-corrected chi connectivity index (χ2v) is 8.33. The van der Waals surface area contributed by atoms with Gasteiger partial charge in [0.25, 0.3) is 5.91 Å². The second kappa shape index (κ2) is 9.73. The van der Waals surface area contributed by atoms with Gasteiger partial charge in [0.15, 0.2) is 0 Å². The molecule has 154 valence electrons. The van der Waals surface area contributed by atoms with Crippen LogP contribution in [0.5, 0.6) is 0 Å². The predicted molar refractivity (Wildman–Crippen MR) is 122 cm³/mol. The average molecular weight is 399 g/mol. The van der Waals surface area contributed by atoms with Gasteiger partial charge in [0, 0.05) is 31.2 Å². The van der Waals surface area contributed by atoms with E-state index in [1.165, 1.54) is 22.3 Å². The fourth-order valence-electron chi connectivity index (χ4n) is 4.12. The topological polar surface area (TPSA) is 32.3 Å². The Labute approximate surface area is 179 Å². The zero-order chi connectivity index (χ0) is 20.8. The highest BCUT2D eigenvalue weighted by molar-refractivity contribution is 5.94. The zero-order valence-electron chi connectivity index (χ0n) is 17.7. The minimum absolute atomic E-state index is 0.00834. The number of nitrogens with one attached hydrogen (secondary N) is 1. The lowest BCUT2D eigenvalue weighted by Gasteiger charge is -2.28. The van der Waals surface area contributed by atoms with Gasteiger partial charge in [-0.2, -0.15) is 0 Å². The molecule has 0 aliphatic carbocycles. The Kier molecular flexibility index (Phi) is 6.60. The van der Waals surface area contributed by atoms with E-state index >= 15 is 0 Å². The summed E-state index contributed by atoms with van der Waals surface area (Å²) in [6.45, 7) is 5.07. The Morgan fingerprint density at radius 1 is 0.900 bits per heavy atom. The van der Waals surface area contributed by atoms with Crippen LogP contribution < -0.4 is 5.32 Å². The maximum atomic E-state index is 12.6. The van der Waals surface area contributed by atoms with E-state index in [9.17, 15) is 4.79 Å². The Morgan fingerprint density at radius 2 is 1.60 bits per heavy atom. The normalized spacial score (nSPS) is 14.7. The van der Waals surface area contributed by atoms with Crippen molar-refractivity contribution in [1.29, 1.82) is 0 Å². The molecule has 0 saturated carbocycles. The molecule has 0 radical (unpaired) electrons. The van der Waals surface area contributed by atoms with Gasteiger partial charge in [-0.3, -0.25) is 9.69 Å². The van der Waals surface area contributed by atoms with Crippen molar-refractivity contribution >= 4 is 5.91 Å². The van der Waals surface area contributed by atoms with Crippen LogP contribution >= 0.6 is 0 Å². The lowest BCUT2D eigenvalue weighted by atomic mass is 9.99.